The minimum Gasteiger partial charge on any atom is -0.494 e. The molecule has 182 valence electrons. The molecule has 2 aromatic carbocycles. The van der Waals surface area contributed by atoms with Crippen molar-refractivity contribution in [2.24, 2.45) is 7.05 Å². The van der Waals surface area contributed by atoms with E-state index in [1.165, 1.54) is 16.7 Å². The SMILES string of the molecule is CCOc1ccc(CNC(=O)CCc2c(C)c3c(C)nn(-c4cccc(F)c4)c3n(C)c2=O)cc1. The van der Waals surface area contributed by atoms with Gasteiger partial charge in [0.15, 0.2) is 0 Å². The van der Waals surface area contributed by atoms with Gasteiger partial charge in [-0.15, -0.1) is 0 Å². The standard InChI is InChI=1S/C27H29FN4O3/c1-5-35-22-11-9-19(10-12-22)16-29-24(33)14-13-23-17(2)25-18(3)30-32(26(25)31(4)27(23)34)21-8-6-7-20(28)15-21/h6-12,15H,5,13-14,16H2,1-4H3,(H,29,33). The van der Waals surface area contributed by atoms with E-state index in [9.17, 15) is 14.0 Å². The van der Waals surface area contributed by atoms with E-state index in [0.717, 1.165) is 28.0 Å². The molecule has 1 N–H and O–H groups in total. The van der Waals surface area contributed by atoms with Crippen molar-refractivity contribution in [3.05, 3.63) is 87.1 Å². The third kappa shape index (κ3) is 4.96. The zero-order valence-electron chi connectivity index (χ0n) is 20.4. The lowest BCUT2D eigenvalue weighted by Crippen LogP contribution is -2.27. The summed E-state index contributed by atoms with van der Waals surface area (Å²) in [4.78, 5) is 25.8. The third-order valence-electron chi connectivity index (χ3n) is 6.12. The van der Waals surface area contributed by atoms with Crippen LogP contribution in [-0.4, -0.2) is 26.9 Å². The van der Waals surface area contributed by atoms with Crippen molar-refractivity contribution in [1.82, 2.24) is 19.7 Å². The highest BCUT2D eigenvalue weighted by Gasteiger charge is 2.20. The van der Waals surface area contributed by atoms with E-state index in [1.54, 1.807) is 23.9 Å². The molecule has 0 saturated carbocycles. The molecule has 0 fully saturated rings. The molecule has 8 heteroatoms. The molecule has 7 nitrogen and oxygen atoms in total. The number of rotatable bonds is 8. The van der Waals surface area contributed by atoms with Gasteiger partial charge < -0.3 is 10.1 Å². The smallest absolute Gasteiger partial charge is 0.255 e. The highest BCUT2D eigenvalue weighted by molar-refractivity contribution is 5.85. The van der Waals surface area contributed by atoms with Crippen LogP contribution in [0.25, 0.3) is 16.7 Å². The van der Waals surface area contributed by atoms with Crippen molar-refractivity contribution < 1.29 is 13.9 Å². The molecule has 4 rings (SSSR count). The predicted octanol–water partition coefficient (Wildman–Crippen LogP) is 4.13. The Hall–Kier alpha value is -3.94. The number of carbonyl (C=O) groups is 1. The zero-order valence-corrected chi connectivity index (χ0v) is 20.4. The number of amides is 1. The predicted molar refractivity (Wildman–Crippen MR) is 134 cm³/mol. The number of ether oxygens (including phenoxy) is 1. The van der Waals surface area contributed by atoms with Crippen molar-refractivity contribution in [3.63, 3.8) is 0 Å². The number of halogens is 1. The van der Waals surface area contributed by atoms with Crippen molar-refractivity contribution in [3.8, 4) is 11.4 Å². The molecular weight excluding hydrogens is 447 g/mol. The van der Waals surface area contributed by atoms with Gasteiger partial charge in [0.05, 0.1) is 18.0 Å². The normalized spacial score (nSPS) is 11.1. The van der Waals surface area contributed by atoms with Crippen molar-refractivity contribution in [2.75, 3.05) is 6.61 Å². The zero-order chi connectivity index (χ0) is 25.1. The minimum atomic E-state index is -0.376. The molecule has 4 aromatic rings. The van der Waals surface area contributed by atoms with Gasteiger partial charge in [-0.2, -0.15) is 5.10 Å². The van der Waals surface area contributed by atoms with Gasteiger partial charge in [-0.3, -0.25) is 14.2 Å². The van der Waals surface area contributed by atoms with Gasteiger partial charge >= 0.3 is 0 Å². The average Bonchev–Trinajstić information content (AvgIpc) is 3.20. The molecule has 0 radical (unpaired) electrons. The second-order valence-corrected chi connectivity index (χ2v) is 8.50. The van der Waals surface area contributed by atoms with Gasteiger partial charge in [0.2, 0.25) is 5.91 Å². The average molecular weight is 477 g/mol. The summed E-state index contributed by atoms with van der Waals surface area (Å²) in [5.41, 5.74) is 4.03. The molecule has 2 aromatic heterocycles. The summed E-state index contributed by atoms with van der Waals surface area (Å²) < 4.78 is 22.4. The molecular formula is C27H29FN4O3. The molecule has 0 aliphatic heterocycles. The van der Waals surface area contributed by atoms with E-state index < -0.39 is 0 Å². The Labute approximate surface area is 203 Å². The van der Waals surface area contributed by atoms with Crippen LogP contribution < -0.4 is 15.6 Å². The van der Waals surface area contributed by atoms with Gasteiger partial charge in [-0.25, -0.2) is 9.07 Å². The fraction of sp³-hybridized carbons (Fsp3) is 0.296. The number of pyridine rings is 1. The lowest BCUT2D eigenvalue weighted by Gasteiger charge is -2.13. The number of nitrogens with one attached hydrogen (secondary N) is 1. The van der Waals surface area contributed by atoms with Crippen LogP contribution in [0.15, 0.2) is 53.3 Å². The van der Waals surface area contributed by atoms with E-state index in [4.69, 9.17) is 4.74 Å². The topological polar surface area (TPSA) is 78.2 Å². The lowest BCUT2D eigenvalue weighted by atomic mass is 10.0. The van der Waals surface area contributed by atoms with Crippen molar-refractivity contribution in [1.29, 1.82) is 0 Å². The fourth-order valence-electron chi connectivity index (χ4n) is 4.35. The number of aromatic nitrogens is 3. The van der Waals surface area contributed by atoms with Crippen molar-refractivity contribution in [2.45, 2.75) is 40.2 Å². The highest BCUT2D eigenvalue weighted by Crippen LogP contribution is 2.26. The maximum atomic E-state index is 13.8. The summed E-state index contributed by atoms with van der Waals surface area (Å²) in [6.07, 6.45) is 0.504. The molecule has 0 aliphatic carbocycles. The summed E-state index contributed by atoms with van der Waals surface area (Å²) in [6, 6.07) is 13.7. The van der Waals surface area contributed by atoms with Gasteiger partial charge in [0.1, 0.15) is 17.2 Å². The summed E-state index contributed by atoms with van der Waals surface area (Å²) in [5, 5.41) is 8.33. The third-order valence-corrected chi connectivity index (χ3v) is 6.12. The first-order valence-electron chi connectivity index (χ1n) is 11.6. The molecule has 0 saturated heterocycles. The molecule has 35 heavy (non-hydrogen) atoms. The van der Waals surface area contributed by atoms with Crippen LogP contribution >= 0.6 is 0 Å². The maximum Gasteiger partial charge on any atom is 0.255 e. The lowest BCUT2D eigenvalue weighted by molar-refractivity contribution is -0.121. The van der Waals surface area contributed by atoms with Crippen LogP contribution in [0.2, 0.25) is 0 Å². The monoisotopic (exact) mass is 476 g/mol. The first-order valence-corrected chi connectivity index (χ1v) is 11.6. The van der Waals surface area contributed by atoms with Gasteiger partial charge in [-0.05, 0) is 68.7 Å². The maximum absolute atomic E-state index is 13.8. The first-order chi connectivity index (χ1) is 16.8. The van der Waals surface area contributed by atoms with Gasteiger partial charge in [0, 0.05) is 31.0 Å². The number of fused-ring (bicyclic) bond motifs is 1. The first kappa shape index (κ1) is 24.2. The van der Waals surface area contributed by atoms with Crippen LogP contribution in [0.1, 0.15) is 35.7 Å². The van der Waals surface area contributed by atoms with E-state index in [-0.39, 0.29) is 23.7 Å². The Bertz CT molecular complexity index is 1440. The Morgan fingerprint density at radius 3 is 2.57 bits per heavy atom. The molecule has 2 heterocycles. The number of aryl methyl sites for hydroxylation is 3. The van der Waals surface area contributed by atoms with E-state index in [0.29, 0.717) is 36.5 Å². The molecule has 0 bridgehead atoms. The van der Waals surface area contributed by atoms with Crippen LogP contribution in [0.5, 0.6) is 5.75 Å². The molecule has 1 amide bonds. The molecule has 0 aliphatic rings. The molecule has 0 atom stereocenters. The van der Waals surface area contributed by atoms with Gasteiger partial charge in [0.25, 0.3) is 5.56 Å². The quantitative estimate of drug-likeness (QED) is 0.415. The number of carbonyl (C=O) groups excluding carboxylic acids is 1. The van der Waals surface area contributed by atoms with Crippen molar-refractivity contribution >= 4 is 16.9 Å². The van der Waals surface area contributed by atoms with Gasteiger partial charge in [-0.1, -0.05) is 18.2 Å². The fourth-order valence-corrected chi connectivity index (χ4v) is 4.35. The van der Waals surface area contributed by atoms with E-state index in [1.807, 2.05) is 45.0 Å². The number of hydrogen-bond donors (Lipinski definition) is 1. The summed E-state index contributed by atoms with van der Waals surface area (Å²) in [6.45, 7) is 6.68. The highest BCUT2D eigenvalue weighted by atomic mass is 19.1. The van der Waals surface area contributed by atoms with Crippen LogP contribution in [0, 0.1) is 19.7 Å². The number of benzene rings is 2. The Morgan fingerprint density at radius 1 is 1.14 bits per heavy atom. The molecule has 0 spiro atoms. The van der Waals surface area contributed by atoms with E-state index >= 15 is 0 Å². The second-order valence-electron chi connectivity index (χ2n) is 8.50. The Kier molecular flexibility index (Phi) is 7.00. The second kappa shape index (κ2) is 10.1. The summed E-state index contributed by atoms with van der Waals surface area (Å²) in [7, 11) is 1.68. The van der Waals surface area contributed by atoms with E-state index in [2.05, 4.69) is 10.4 Å². The largest absolute Gasteiger partial charge is 0.494 e. The Balaban J connectivity index is 1.53. The Morgan fingerprint density at radius 2 is 1.89 bits per heavy atom. The minimum absolute atomic E-state index is 0.132. The summed E-state index contributed by atoms with van der Waals surface area (Å²) >= 11 is 0. The van der Waals surface area contributed by atoms with Crippen LogP contribution in [-0.2, 0) is 24.8 Å². The number of hydrogen-bond acceptors (Lipinski definition) is 4. The summed E-state index contributed by atoms with van der Waals surface area (Å²) in [5.74, 6) is 0.284. The van der Waals surface area contributed by atoms with Crippen LogP contribution in [0.4, 0.5) is 4.39 Å². The molecule has 0 unspecified atom stereocenters. The number of nitrogens with zero attached hydrogens (tertiary/aromatic N) is 3. The van der Waals surface area contributed by atoms with Crippen LogP contribution in [0.3, 0.4) is 0 Å².